The van der Waals surface area contributed by atoms with E-state index in [0.717, 1.165) is 18.9 Å². The third-order valence-corrected chi connectivity index (χ3v) is 1.38. The number of halogens is 3. The molecule has 0 aromatic rings. The lowest BCUT2D eigenvalue weighted by Gasteiger charge is -2.09. The highest BCUT2D eigenvalue weighted by atomic mass is 19.4. The fourth-order valence-electron chi connectivity index (χ4n) is 0.656. The summed E-state index contributed by atoms with van der Waals surface area (Å²) in [6.07, 6.45) is -2.31. The highest BCUT2D eigenvalue weighted by Gasteiger charge is 2.35. The molecule has 0 aliphatic rings. The van der Waals surface area contributed by atoms with Crippen molar-refractivity contribution < 1.29 is 18.3 Å². The van der Waals surface area contributed by atoms with E-state index in [2.05, 4.69) is 0 Å². The van der Waals surface area contributed by atoms with Crippen molar-refractivity contribution in [2.24, 2.45) is 0 Å². The van der Waals surface area contributed by atoms with E-state index in [4.69, 9.17) is 5.11 Å². The van der Waals surface area contributed by atoms with Crippen LogP contribution in [0.5, 0.6) is 0 Å². The predicted molar refractivity (Wildman–Crippen MR) is 40.7 cm³/mol. The Morgan fingerprint density at radius 1 is 1.42 bits per heavy atom. The van der Waals surface area contributed by atoms with E-state index in [1.807, 2.05) is 6.92 Å². The Kier molecular flexibility index (Phi) is 4.97. The molecule has 0 aliphatic carbocycles. The van der Waals surface area contributed by atoms with Crippen molar-refractivity contribution in [1.82, 2.24) is 0 Å². The first kappa shape index (κ1) is 11.5. The largest absolute Gasteiger partial charge is 0.417 e. The molecule has 1 nitrogen and oxygen atoms in total. The van der Waals surface area contributed by atoms with Gasteiger partial charge in [0.2, 0.25) is 0 Å². The van der Waals surface area contributed by atoms with Gasteiger partial charge in [0.15, 0.2) is 6.10 Å². The van der Waals surface area contributed by atoms with Crippen LogP contribution in [0.3, 0.4) is 0 Å². The standard InChI is InChI=1S/C8H13F3O/c1-2-3-4-5-6-7(12)8(9,10)11/h5-7,12H,2-4H2,1H3/b6-5-/t7-/m1/s1. The molecule has 0 bridgehead atoms. The van der Waals surface area contributed by atoms with Gasteiger partial charge in [-0.25, -0.2) is 0 Å². The summed E-state index contributed by atoms with van der Waals surface area (Å²) in [5, 5.41) is 8.47. The third kappa shape index (κ3) is 5.18. The summed E-state index contributed by atoms with van der Waals surface area (Å²) in [6, 6.07) is 0. The Hall–Kier alpha value is -0.510. The van der Waals surface area contributed by atoms with Crippen molar-refractivity contribution in [3.8, 4) is 0 Å². The average Bonchev–Trinajstić information content (AvgIpc) is 1.96. The first-order chi connectivity index (χ1) is 5.48. The number of unbranched alkanes of at least 4 members (excludes halogenated alkanes) is 2. The Balaban J connectivity index is 3.68. The van der Waals surface area contributed by atoms with E-state index in [0.29, 0.717) is 6.42 Å². The highest BCUT2D eigenvalue weighted by molar-refractivity contribution is 4.92. The minimum atomic E-state index is -4.53. The fraction of sp³-hybridized carbons (Fsp3) is 0.750. The maximum atomic E-state index is 11.7. The van der Waals surface area contributed by atoms with Gasteiger partial charge in [0.25, 0.3) is 0 Å². The number of hydrogen-bond acceptors (Lipinski definition) is 1. The highest BCUT2D eigenvalue weighted by Crippen LogP contribution is 2.20. The summed E-state index contributed by atoms with van der Waals surface area (Å²) >= 11 is 0. The van der Waals surface area contributed by atoms with Gasteiger partial charge < -0.3 is 5.11 Å². The van der Waals surface area contributed by atoms with Crippen LogP contribution in [0.1, 0.15) is 26.2 Å². The van der Waals surface area contributed by atoms with Gasteiger partial charge >= 0.3 is 6.18 Å². The molecule has 72 valence electrons. The molecule has 4 heteroatoms. The number of aliphatic hydroxyl groups excluding tert-OH is 1. The second-order valence-corrected chi connectivity index (χ2v) is 2.56. The Bertz CT molecular complexity index is 140. The molecule has 0 aromatic carbocycles. The van der Waals surface area contributed by atoms with Crippen molar-refractivity contribution in [2.45, 2.75) is 38.5 Å². The monoisotopic (exact) mass is 182 g/mol. The molecule has 0 heterocycles. The second kappa shape index (κ2) is 5.19. The molecular weight excluding hydrogens is 169 g/mol. The van der Waals surface area contributed by atoms with Crippen LogP contribution >= 0.6 is 0 Å². The van der Waals surface area contributed by atoms with Crippen LogP contribution in [0, 0.1) is 0 Å². The quantitative estimate of drug-likeness (QED) is 0.523. The summed E-state index contributed by atoms with van der Waals surface area (Å²) in [7, 11) is 0. The molecule has 0 saturated carbocycles. The number of rotatable bonds is 4. The van der Waals surface area contributed by atoms with Crippen LogP contribution in [-0.4, -0.2) is 17.4 Å². The van der Waals surface area contributed by atoms with Gasteiger partial charge in [0.1, 0.15) is 0 Å². The summed E-state index contributed by atoms with van der Waals surface area (Å²) in [5.41, 5.74) is 0. The lowest BCUT2D eigenvalue weighted by molar-refractivity contribution is -0.187. The maximum Gasteiger partial charge on any atom is 0.417 e. The van der Waals surface area contributed by atoms with Crippen LogP contribution in [0.4, 0.5) is 13.2 Å². The van der Waals surface area contributed by atoms with E-state index in [9.17, 15) is 13.2 Å². The Labute approximate surface area is 69.9 Å². The maximum absolute atomic E-state index is 11.7. The van der Waals surface area contributed by atoms with Gasteiger partial charge in [-0.3, -0.25) is 0 Å². The molecule has 0 aliphatic heterocycles. The van der Waals surface area contributed by atoms with Gasteiger partial charge in [-0.2, -0.15) is 13.2 Å². The zero-order chi connectivity index (χ0) is 9.61. The van der Waals surface area contributed by atoms with Crippen LogP contribution in [-0.2, 0) is 0 Å². The van der Waals surface area contributed by atoms with E-state index in [1.165, 1.54) is 6.08 Å². The molecule has 0 fully saturated rings. The lowest BCUT2D eigenvalue weighted by Crippen LogP contribution is -2.25. The van der Waals surface area contributed by atoms with E-state index < -0.39 is 12.3 Å². The smallest absolute Gasteiger partial charge is 0.380 e. The zero-order valence-corrected chi connectivity index (χ0v) is 6.93. The van der Waals surface area contributed by atoms with Crippen LogP contribution in [0.2, 0.25) is 0 Å². The SMILES string of the molecule is CCCC/C=C\[C@@H](O)C(F)(F)F. The Morgan fingerprint density at radius 3 is 2.42 bits per heavy atom. The van der Waals surface area contributed by atoms with E-state index in [1.54, 1.807) is 0 Å². The summed E-state index contributed by atoms with van der Waals surface area (Å²) in [5.74, 6) is 0. The fourth-order valence-corrected chi connectivity index (χ4v) is 0.656. The van der Waals surface area contributed by atoms with Crippen LogP contribution < -0.4 is 0 Å². The van der Waals surface area contributed by atoms with Crippen LogP contribution in [0.15, 0.2) is 12.2 Å². The lowest BCUT2D eigenvalue weighted by atomic mass is 10.2. The molecule has 0 amide bonds. The normalized spacial score (nSPS) is 15.4. The predicted octanol–water partition coefficient (Wildman–Crippen LogP) is 2.66. The van der Waals surface area contributed by atoms with Crippen molar-refractivity contribution in [3.05, 3.63) is 12.2 Å². The van der Waals surface area contributed by atoms with Gasteiger partial charge in [0, 0.05) is 0 Å². The summed E-state index contributed by atoms with van der Waals surface area (Å²) < 4.78 is 35.0. The second-order valence-electron chi connectivity index (χ2n) is 2.56. The van der Waals surface area contributed by atoms with Gasteiger partial charge in [0.05, 0.1) is 0 Å². The third-order valence-electron chi connectivity index (χ3n) is 1.38. The molecule has 12 heavy (non-hydrogen) atoms. The molecule has 0 rings (SSSR count). The van der Waals surface area contributed by atoms with E-state index in [-0.39, 0.29) is 0 Å². The molecule has 0 radical (unpaired) electrons. The van der Waals surface area contributed by atoms with Gasteiger partial charge in [-0.05, 0) is 6.42 Å². The van der Waals surface area contributed by atoms with Crippen LogP contribution in [0.25, 0.3) is 0 Å². The molecular formula is C8H13F3O. The molecule has 1 N–H and O–H groups in total. The van der Waals surface area contributed by atoms with Gasteiger partial charge in [-0.15, -0.1) is 0 Å². The molecule has 1 atom stereocenters. The molecule has 0 aromatic heterocycles. The topological polar surface area (TPSA) is 20.2 Å². The molecule has 0 unspecified atom stereocenters. The summed E-state index contributed by atoms with van der Waals surface area (Å²) in [4.78, 5) is 0. The van der Waals surface area contributed by atoms with E-state index >= 15 is 0 Å². The number of aliphatic hydroxyl groups is 1. The number of allylic oxidation sites excluding steroid dienone is 1. The minimum absolute atomic E-state index is 0.587. The molecule has 0 saturated heterocycles. The van der Waals surface area contributed by atoms with Crippen molar-refractivity contribution in [1.29, 1.82) is 0 Å². The zero-order valence-electron chi connectivity index (χ0n) is 6.93. The average molecular weight is 182 g/mol. The number of hydrogen-bond donors (Lipinski definition) is 1. The molecule has 0 spiro atoms. The van der Waals surface area contributed by atoms with Crippen molar-refractivity contribution in [3.63, 3.8) is 0 Å². The first-order valence-corrected chi connectivity index (χ1v) is 3.90. The summed E-state index contributed by atoms with van der Waals surface area (Å²) in [6.45, 7) is 1.95. The minimum Gasteiger partial charge on any atom is -0.380 e. The van der Waals surface area contributed by atoms with Gasteiger partial charge in [-0.1, -0.05) is 31.9 Å². The first-order valence-electron chi connectivity index (χ1n) is 3.90. The van der Waals surface area contributed by atoms with Crippen molar-refractivity contribution >= 4 is 0 Å². The number of alkyl halides is 3. The Morgan fingerprint density at radius 2 is 2.00 bits per heavy atom. The van der Waals surface area contributed by atoms with Crippen molar-refractivity contribution in [2.75, 3.05) is 0 Å².